The van der Waals surface area contributed by atoms with Crippen LogP contribution in [0.4, 0.5) is 20.7 Å². The first-order valence-electron chi connectivity index (χ1n) is 7.73. The number of urea groups is 1. The number of methoxy groups -OCH3 is 1. The zero-order chi connectivity index (χ0) is 16.9. The maximum absolute atomic E-state index is 13.8. The number of hydrogen-bond donors (Lipinski definition) is 2. The van der Waals surface area contributed by atoms with Crippen LogP contribution in [0.2, 0.25) is 0 Å². The van der Waals surface area contributed by atoms with Gasteiger partial charge in [-0.3, -0.25) is 0 Å². The third-order valence-electron chi connectivity index (χ3n) is 3.89. The molecule has 2 amide bonds. The molecule has 1 saturated heterocycles. The fraction of sp³-hybridized carbons (Fsp3) is 0.294. The molecule has 24 heavy (non-hydrogen) atoms. The molecule has 0 aliphatic carbocycles. The molecule has 2 N–H and O–H groups in total. The van der Waals surface area contributed by atoms with Crippen molar-refractivity contribution in [1.82, 2.24) is 10.3 Å². The van der Waals surface area contributed by atoms with E-state index in [0.717, 1.165) is 6.42 Å². The summed E-state index contributed by atoms with van der Waals surface area (Å²) in [7, 11) is 1.57. The molecule has 1 fully saturated rings. The highest BCUT2D eigenvalue weighted by atomic mass is 19.1. The Bertz CT molecular complexity index is 725. The number of ether oxygens (including phenoxy) is 1. The second-order valence-corrected chi connectivity index (χ2v) is 5.57. The van der Waals surface area contributed by atoms with Crippen LogP contribution in [-0.4, -0.2) is 37.3 Å². The highest BCUT2D eigenvalue weighted by Crippen LogP contribution is 2.21. The standard InChI is InChI=1S/C17H19FN4O2/c1-24-14-5-2-4-12(10-14)20-17(23)21-13-7-9-22(11-13)16-15(18)6-3-8-19-16/h2-6,8,10,13H,7,9,11H2,1H3,(H2,20,21,23). The average molecular weight is 330 g/mol. The van der Waals surface area contributed by atoms with Crippen LogP contribution in [0.25, 0.3) is 0 Å². The fourth-order valence-corrected chi connectivity index (χ4v) is 2.73. The molecule has 1 aromatic heterocycles. The molecule has 0 spiro atoms. The molecular weight excluding hydrogens is 311 g/mol. The van der Waals surface area contributed by atoms with Crippen LogP contribution in [0, 0.1) is 5.82 Å². The van der Waals surface area contributed by atoms with Crippen LogP contribution >= 0.6 is 0 Å². The molecule has 1 unspecified atom stereocenters. The Morgan fingerprint density at radius 1 is 1.38 bits per heavy atom. The van der Waals surface area contributed by atoms with Gasteiger partial charge in [0, 0.05) is 37.1 Å². The first-order chi connectivity index (χ1) is 11.7. The van der Waals surface area contributed by atoms with Crippen molar-refractivity contribution in [1.29, 1.82) is 0 Å². The van der Waals surface area contributed by atoms with Gasteiger partial charge in [0.1, 0.15) is 5.75 Å². The van der Waals surface area contributed by atoms with E-state index in [1.807, 2.05) is 4.90 Å². The number of anilines is 2. The summed E-state index contributed by atoms with van der Waals surface area (Å²) in [5, 5.41) is 5.67. The highest BCUT2D eigenvalue weighted by Gasteiger charge is 2.26. The molecule has 0 bridgehead atoms. The van der Waals surface area contributed by atoms with E-state index >= 15 is 0 Å². The quantitative estimate of drug-likeness (QED) is 0.904. The van der Waals surface area contributed by atoms with Gasteiger partial charge < -0.3 is 20.3 Å². The van der Waals surface area contributed by atoms with E-state index in [-0.39, 0.29) is 17.9 Å². The van der Waals surface area contributed by atoms with Gasteiger partial charge in [0.25, 0.3) is 0 Å². The van der Waals surface area contributed by atoms with E-state index in [0.29, 0.717) is 30.3 Å². The minimum atomic E-state index is -0.348. The molecule has 1 aliphatic heterocycles. The zero-order valence-electron chi connectivity index (χ0n) is 13.3. The zero-order valence-corrected chi connectivity index (χ0v) is 13.3. The number of hydrogen-bond acceptors (Lipinski definition) is 4. The van der Waals surface area contributed by atoms with E-state index in [9.17, 15) is 9.18 Å². The maximum Gasteiger partial charge on any atom is 0.319 e. The molecule has 1 atom stereocenters. The summed E-state index contributed by atoms with van der Waals surface area (Å²) in [6.07, 6.45) is 2.30. The van der Waals surface area contributed by atoms with Crippen molar-refractivity contribution >= 4 is 17.5 Å². The van der Waals surface area contributed by atoms with Gasteiger partial charge in [0.2, 0.25) is 0 Å². The van der Waals surface area contributed by atoms with Crippen LogP contribution in [0.5, 0.6) is 5.75 Å². The molecule has 2 aromatic rings. The van der Waals surface area contributed by atoms with E-state index in [1.165, 1.54) is 6.07 Å². The third kappa shape index (κ3) is 3.73. The van der Waals surface area contributed by atoms with Crippen molar-refractivity contribution < 1.29 is 13.9 Å². The number of rotatable bonds is 4. The summed E-state index contributed by atoms with van der Waals surface area (Å²) in [5.74, 6) is 0.652. The fourth-order valence-electron chi connectivity index (χ4n) is 2.73. The third-order valence-corrected chi connectivity index (χ3v) is 3.89. The molecule has 1 aromatic carbocycles. The minimum Gasteiger partial charge on any atom is -0.497 e. The second-order valence-electron chi connectivity index (χ2n) is 5.57. The van der Waals surface area contributed by atoms with Gasteiger partial charge in [0.05, 0.1) is 7.11 Å². The summed E-state index contributed by atoms with van der Waals surface area (Å²) in [6.45, 7) is 1.18. The second kappa shape index (κ2) is 7.16. The Hall–Kier alpha value is -2.83. The van der Waals surface area contributed by atoms with Gasteiger partial charge in [-0.1, -0.05) is 6.07 Å². The van der Waals surface area contributed by atoms with Crippen LogP contribution in [-0.2, 0) is 0 Å². The van der Waals surface area contributed by atoms with Crippen molar-refractivity contribution in [3.8, 4) is 5.75 Å². The monoisotopic (exact) mass is 330 g/mol. The topological polar surface area (TPSA) is 66.5 Å². The van der Waals surface area contributed by atoms with Crippen LogP contribution < -0.4 is 20.3 Å². The first-order valence-corrected chi connectivity index (χ1v) is 7.73. The number of carbonyl (C=O) groups is 1. The Labute approximate surface area is 139 Å². The van der Waals surface area contributed by atoms with E-state index < -0.39 is 0 Å². The molecule has 2 heterocycles. The molecule has 3 rings (SSSR count). The number of carbonyl (C=O) groups excluding carboxylic acids is 1. The molecular formula is C17H19FN4O2. The molecule has 0 radical (unpaired) electrons. The van der Waals surface area contributed by atoms with Gasteiger partial charge >= 0.3 is 6.03 Å². The average Bonchev–Trinajstić information content (AvgIpc) is 3.03. The smallest absolute Gasteiger partial charge is 0.319 e. The molecule has 0 saturated carbocycles. The van der Waals surface area contributed by atoms with Gasteiger partial charge in [0.15, 0.2) is 11.6 Å². The van der Waals surface area contributed by atoms with Crippen molar-refractivity contribution in [2.45, 2.75) is 12.5 Å². The van der Waals surface area contributed by atoms with Gasteiger partial charge in [-0.2, -0.15) is 0 Å². The Morgan fingerprint density at radius 3 is 3.04 bits per heavy atom. The van der Waals surface area contributed by atoms with Gasteiger partial charge in [-0.25, -0.2) is 14.2 Å². The number of amides is 2. The lowest BCUT2D eigenvalue weighted by atomic mass is 10.2. The Balaban J connectivity index is 1.55. The van der Waals surface area contributed by atoms with Crippen molar-refractivity contribution in [3.05, 3.63) is 48.4 Å². The van der Waals surface area contributed by atoms with Crippen molar-refractivity contribution in [2.24, 2.45) is 0 Å². The number of aromatic nitrogens is 1. The van der Waals surface area contributed by atoms with Gasteiger partial charge in [-0.15, -0.1) is 0 Å². The highest BCUT2D eigenvalue weighted by molar-refractivity contribution is 5.89. The minimum absolute atomic E-state index is 0.0583. The van der Waals surface area contributed by atoms with E-state index in [2.05, 4.69) is 15.6 Å². The van der Waals surface area contributed by atoms with Gasteiger partial charge in [-0.05, 0) is 30.7 Å². The predicted octanol–water partition coefficient (Wildman–Crippen LogP) is 2.63. The molecule has 1 aliphatic rings. The summed E-state index contributed by atoms with van der Waals surface area (Å²) in [5.41, 5.74) is 0.650. The Kier molecular flexibility index (Phi) is 4.79. The number of halogens is 1. The predicted molar refractivity (Wildman–Crippen MR) is 90.0 cm³/mol. The van der Waals surface area contributed by atoms with Crippen LogP contribution in [0.15, 0.2) is 42.6 Å². The molecule has 126 valence electrons. The van der Waals surface area contributed by atoms with Crippen LogP contribution in [0.3, 0.4) is 0 Å². The summed E-state index contributed by atoms with van der Waals surface area (Å²) in [4.78, 5) is 18.0. The first kappa shape index (κ1) is 16.0. The lowest BCUT2D eigenvalue weighted by molar-refractivity contribution is 0.249. The van der Waals surface area contributed by atoms with Crippen LogP contribution in [0.1, 0.15) is 6.42 Å². The summed E-state index contributed by atoms with van der Waals surface area (Å²) < 4.78 is 18.9. The van der Waals surface area contributed by atoms with Crippen molar-refractivity contribution in [2.75, 3.05) is 30.4 Å². The Morgan fingerprint density at radius 2 is 2.25 bits per heavy atom. The largest absolute Gasteiger partial charge is 0.497 e. The van der Waals surface area contributed by atoms with Crippen molar-refractivity contribution in [3.63, 3.8) is 0 Å². The lowest BCUT2D eigenvalue weighted by Crippen LogP contribution is -2.39. The number of nitrogens with zero attached hydrogens (tertiary/aromatic N) is 2. The molecule has 7 heteroatoms. The molecule has 6 nitrogen and oxygen atoms in total. The summed E-state index contributed by atoms with van der Waals surface area (Å²) >= 11 is 0. The number of pyridine rings is 1. The van der Waals surface area contributed by atoms with E-state index in [1.54, 1.807) is 43.6 Å². The van der Waals surface area contributed by atoms with E-state index in [4.69, 9.17) is 4.74 Å². The SMILES string of the molecule is COc1cccc(NC(=O)NC2CCN(c3ncccc3F)C2)c1. The number of benzene rings is 1. The lowest BCUT2D eigenvalue weighted by Gasteiger charge is -2.18. The maximum atomic E-state index is 13.8. The normalized spacial score (nSPS) is 16.8. The number of nitrogens with one attached hydrogen (secondary N) is 2. The summed E-state index contributed by atoms with van der Waals surface area (Å²) in [6, 6.07) is 9.73.